The lowest BCUT2D eigenvalue weighted by Gasteiger charge is -1.90. The highest BCUT2D eigenvalue weighted by atomic mass is 79.9. The van der Waals surface area contributed by atoms with Crippen LogP contribution in [-0.4, -0.2) is 15.3 Å². The first kappa shape index (κ1) is 6.68. The van der Waals surface area contributed by atoms with Crippen LogP contribution in [0, 0.1) is 6.20 Å². The summed E-state index contributed by atoms with van der Waals surface area (Å²) in [6, 6.07) is 0. The number of aryl methyl sites for hydroxylation is 1. The van der Waals surface area contributed by atoms with Crippen molar-refractivity contribution in [2.75, 3.05) is 5.33 Å². The summed E-state index contributed by atoms with van der Waals surface area (Å²) < 4.78 is 0. The molecule has 1 radical (unpaired) electrons. The van der Waals surface area contributed by atoms with Crippen LogP contribution >= 0.6 is 15.9 Å². The Morgan fingerprint density at radius 2 is 2.56 bits per heavy atom. The average Bonchev–Trinajstić information content (AvgIpc) is 1.91. The lowest BCUT2D eigenvalue weighted by Crippen LogP contribution is -1.90. The molecule has 0 bridgehead atoms. The van der Waals surface area contributed by atoms with Gasteiger partial charge in [0.05, 0.1) is 11.9 Å². The third kappa shape index (κ3) is 2.10. The van der Waals surface area contributed by atoms with Crippen molar-refractivity contribution >= 4 is 15.9 Å². The number of rotatable bonds is 2. The largest absolute Gasteiger partial charge is 0.257 e. The van der Waals surface area contributed by atoms with Crippen molar-refractivity contribution in [1.82, 2.24) is 9.97 Å². The number of aromatic nitrogens is 2. The second kappa shape index (κ2) is 3.56. The summed E-state index contributed by atoms with van der Waals surface area (Å²) in [5, 5.41) is 0.936. The number of alkyl halides is 1. The molecule has 0 aliphatic carbocycles. The highest BCUT2D eigenvalue weighted by Gasteiger charge is 1.88. The molecule has 1 heterocycles. The van der Waals surface area contributed by atoms with E-state index in [1.54, 1.807) is 12.4 Å². The van der Waals surface area contributed by atoms with Crippen molar-refractivity contribution in [3.63, 3.8) is 0 Å². The molecule has 0 spiro atoms. The first-order valence-corrected chi connectivity index (χ1v) is 3.78. The Labute approximate surface area is 62.5 Å². The maximum Gasteiger partial charge on any atom is 0.108 e. The minimum atomic E-state index is 0.932. The maximum atomic E-state index is 4.02. The molecular formula is C6H6BrN2. The van der Waals surface area contributed by atoms with Gasteiger partial charge in [0.1, 0.15) is 6.20 Å². The van der Waals surface area contributed by atoms with Crippen LogP contribution in [0.25, 0.3) is 0 Å². The Balaban J connectivity index is 2.61. The Hall–Kier alpha value is -0.440. The molecule has 0 fully saturated rings. The predicted molar refractivity (Wildman–Crippen MR) is 38.4 cm³/mol. The van der Waals surface area contributed by atoms with Crippen molar-refractivity contribution in [2.24, 2.45) is 0 Å². The van der Waals surface area contributed by atoms with Crippen molar-refractivity contribution < 1.29 is 0 Å². The zero-order valence-corrected chi connectivity index (χ0v) is 6.43. The van der Waals surface area contributed by atoms with Gasteiger partial charge in [-0.2, -0.15) is 0 Å². The summed E-state index contributed by atoms with van der Waals surface area (Å²) in [4.78, 5) is 7.82. The van der Waals surface area contributed by atoms with Crippen molar-refractivity contribution in [3.8, 4) is 0 Å². The molecular weight excluding hydrogens is 180 g/mol. The molecule has 1 aromatic heterocycles. The molecule has 0 N–H and O–H groups in total. The van der Waals surface area contributed by atoms with E-state index in [1.807, 2.05) is 0 Å². The Kier molecular flexibility index (Phi) is 2.64. The molecule has 47 valence electrons. The van der Waals surface area contributed by atoms with Gasteiger partial charge in [0.2, 0.25) is 0 Å². The molecule has 3 heteroatoms. The normalized spacial score (nSPS) is 9.44. The Bertz CT molecular complexity index is 164. The fourth-order valence-electron chi connectivity index (χ4n) is 0.516. The lowest BCUT2D eigenvalue weighted by atomic mass is 10.4. The van der Waals surface area contributed by atoms with Gasteiger partial charge in [-0.3, -0.25) is 9.97 Å². The zero-order valence-electron chi connectivity index (χ0n) is 4.84. The molecule has 0 saturated carbocycles. The van der Waals surface area contributed by atoms with Crippen LogP contribution < -0.4 is 0 Å². The zero-order chi connectivity index (χ0) is 6.53. The second-order valence-electron chi connectivity index (χ2n) is 1.58. The van der Waals surface area contributed by atoms with Crippen molar-refractivity contribution in [1.29, 1.82) is 0 Å². The van der Waals surface area contributed by atoms with Crippen LogP contribution in [0.4, 0.5) is 0 Å². The Morgan fingerprint density at radius 1 is 1.67 bits per heavy atom. The van der Waals surface area contributed by atoms with Crippen LogP contribution in [0.1, 0.15) is 5.69 Å². The standard InChI is InChI=1S/C6H6BrN2/c7-2-1-6-5-8-3-4-9-6/h4-5H,1-2H2. The van der Waals surface area contributed by atoms with E-state index in [-0.39, 0.29) is 0 Å². The number of halogens is 1. The number of hydrogen-bond acceptors (Lipinski definition) is 2. The minimum Gasteiger partial charge on any atom is -0.257 e. The molecule has 0 aliphatic heterocycles. The molecule has 0 aliphatic rings. The molecule has 0 saturated heterocycles. The third-order valence-corrected chi connectivity index (χ3v) is 1.32. The number of nitrogens with zero attached hydrogens (tertiary/aromatic N) is 2. The Morgan fingerprint density at radius 3 is 3.11 bits per heavy atom. The van der Waals surface area contributed by atoms with E-state index in [2.05, 4.69) is 32.1 Å². The quantitative estimate of drug-likeness (QED) is 0.648. The fourth-order valence-corrected chi connectivity index (χ4v) is 0.922. The van der Waals surface area contributed by atoms with Gasteiger partial charge in [-0.25, -0.2) is 0 Å². The smallest absolute Gasteiger partial charge is 0.108 e. The molecule has 0 atom stereocenters. The van der Waals surface area contributed by atoms with Crippen molar-refractivity contribution in [2.45, 2.75) is 6.42 Å². The van der Waals surface area contributed by atoms with E-state index < -0.39 is 0 Å². The van der Waals surface area contributed by atoms with Crippen LogP contribution in [0.5, 0.6) is 0 Å². The monoisotopic (exact) mass is 185 g/mol. The topological polar surface area (TPSA) is 25.8 Å². The molecule has 0 unspecified atom stereocenters. The molecule has 0 amide bonds. The van der Waals surface area contributed by atoms with Crippen LogP contribution in [0.3, 0.4) is 0 Å². The van der Waals surface area contributed by atoms with E-state index in [0.29, 0.717) is 0 Å². The summed E-state index contributed by atoms with van der Waals surface area (Å²) in [6.07, 6.45) is 6.85. The van der Waals surface area contributed by atoms with Gasteiger partial charge in [-0.15, -0.1) is 0 Å². The molecule has 9 heavy (non-hydrogen) atoms. The van der Waals surface area contributed by atoms with Gasteiger partial charge >= 0.3 is 0 Å². The van der Waals surface area contributed by atoms with Crippen LogP contribution in [0.15, 0.2) is 12.4 Å². The van der Waals surface area contributed by atoms with E-state index in [4.69, 9.17) is 0 Å². The van der Waals surface area contributed by atoms with Gasteiger partial charge in [-0.05, 0) is 0 Å². The second-order valence-corrected chi connectivity index (χ2v) is 2.37. The molecule has 0 aromatic carbocycles. The highest BCUT2D eigenvalue weighted by Crippen LogP contribution is 1.93. The van der Waals surface area contributed by atoms with E-state index in [0.717, 1.165) is 17.4 Å². The van der Waals surface area contributed by atoms with E-state index >= 15 is 0 Å². The molecule has 1 rings (SSSR count). The highest BCUT2D eigenvalue weighted by molar-refractivity contribution is 9.09. The van der Waals surface area contributed by atoms with Crippen LogP contribution in [0.2, 0.25) is 0 Å². The SMILES string of the molecule is BrCCc1cn[c]cn1. The van der Waals surface area contributed by atoms with Gasteiger partial charge in [0.15, 0.2) is 0 Å². The van der Waals surface area contributed by atoms with Gasteiger partial charge in [-0.1, -0.05) is 15.9 Å². The first-order valence-electron chi connectivity index (χ1n) is 2.66. The molecule has 1 aromatic rings. The summed E-state index contributed by atoms with van der Waals surface area (Å²) in [6.45, 7) is 0. The predicted octanol–water partition coefficient (Wildman–Crippen LogP) is 1.21. The van der Waals surface area contributed by atoms with Crippen molar-refractivity contribution in [3.05, 3.63) is 24.3 Å². The third-order valence-electron chi connectivity index (χ3n) is 0.927. The summed E-state index contributed by atoms with van der Waals surface area (Å²) >= 11 is 3.31. The van der Waals surface area contributed by atoms with Gasteiger partial charge in [0.25, 0.3) is 0 Å². The van der Waals surface area contributed by atoms with E-state index in [1.165, 1.54) is 0 Å². The summed E-state index contributed by atoms with van der Waals surface area (Å²) in [5.41, 5.74) is 1.01. The lowest BCUT2D eigenvalue weighted by molar-refractivity contribution is 1.01. The average molecular weight is 186 g/mol. The maximum absolute atomic E-state index is 4.02. The summed E-state index contributed by atoms with van der Waals surface area (Å²) in [7, 11) is 0. The van der Waals surface area contributed by atoms with E-state index in [9.17, 15) is 0 Å². The first-order chi connectivity index (χ1) is 4.43. The van der Waals surface area contributed by atoms with Gasteiger partial charge in [0, 0.05) is 17.9 Å². The van der Waals surface area contributed by atoms with Gasteiger partial charge < -0.3 is 0 Å². The molecule has 2 nitrogen and oxygen atoms in total. The summed E-state index contributed by atoms with van der Waals surface area (Å²) in [5.74, 6) is 0. The minimum absolute atomic E-state index is 0.932. The van der Waals surface area contributed by atoms with Crippen LogP contribution in [-0.2, 0) is 6.42 Å². The fraction of sp³-hybridized carbons (Fsp3) is 0.333. The number of hydrogen-bond donors (Lipinski definition) is 0.